The van der Waals surface area contributed by atoms with Crippen LogP contribution in [0.5, 0.6) is 0 Å². The van der Waals surface area contributed by atoms with Crippen LogP contribution in [0, 0.1) is 12.7 Å². The van der Waals surface area contributed by atoms with Gasteiger partial charge in [0.1, 0.15) is 23.0 Å². The van der Waals surface area contributed by atoms with Gasteiger partial charge in [0.05, 0.1) is 17.6 Å². The number of aliphatic carboxylic acids is 1. The van der Waals surface area contributed by atoms with Gasteiger partial charge in [-0.1, -0.05) is 0 Å². The van der Waals surface area contributed by atoms with Crippen molar-refractivity contribution in [3.8, 4) is 22.6 Å². The van der Waals surface area contributed by atoms with E-state index in [0.717, 1.165) is 22.3 Å². The topological polar surface area (TPSA) is 110 Å². The lowest BCUT2D eigenvalue weighted by atomic mass is 10.1. The highest BCUT2D eigenvalue weighted by Crippen LogP contribution is 2.32. The van der Waals surface area contributed by atoms with Crippen molar-refractivity contribution in [1.29, 1.82) is 0 Å². The van der Waals surface area contributed by atoms with Crippen molar-refractivity contribution < 1.29 is 27.5 Å². The van der Waals surface area contributed by atoms with E-state index in [1.165, 1.54) is 12.3 Å². The lowest BCUT2D eigenvalue weighted by Crippen LogP contribution is -2.21. The van der Waals surface area contributed by atoms with Gasteiger partial charge in [-0.05, 0) is 25.1 Å². The van der Waals surface area contributed by atoms with E-state index in [0.29, 0.717) is 17.2 Å². The van der Waals surface area contributed by atoms with Crippen LogP contribution in [0.1, 0.15) is 5.82 Å². The Labute approximate surface area is 166 Å². The number of hydrogen-bond acceptors (Lipinski definition) is 5. The van der Waals surface area contributed by atoms with Crippen molar-refractivity contribution in [3.05, 3.63) is 48.4 Å². The number of carbonyl (C=O) groups is 1. The number of aromatic nitrogens is 6. The molecule has 0 aromatic carbocycles. The van der Waals surface area contributed by atoms with Gasteiger partial charge < -0.3 is 10.1 Å². The van der Waals surface area contributed by atoms with Crippen molar-refractivity contribution in [3.63, 3.8) is 0 Å². The summed E-state index contributed by atoms with van der Waals surface area (Å²) in [6.45, 7) is 1.84. The van der Waals surface area contributed by atoms with Crippen LogP contribution in [0.25, 0.3) is 33.7 Å². The number of aryl methyl sites for hydroxylation is 2. The van der Waals surface area contributed by atoms with Gasteiger partial charge in [0.25, 0.3) is 0 Å². The molecule has 2 N–H and O–H groups in total. The molecular formula is C18H14F4N6O2. The molecule has 4 heterocycles. The molecule has 0 unspecified atom stereocenters. The molecule has 4 rings (SSSR count). The number of pyridine rings is 1. The summed E-state index contributed by atoms with van der Waals surface area (Å²) in [5.41, 5.74) is 3.65. The second-order valence-corrected chi connectivity index (χ2v) is 6.09. The molecule has 0 bridgehead atoms. The Bertz CT molecular complexity index is 1200. The number of H-pyrrole nitrogens is 1. The van der Waals surface area contributed by atoms with Gasteiger partial charge in [-0.25, -0.2) is 19.2 Å². The van der Waals surface area contributed by atoms with E-state index in [4.69, 9.17) is 9.90 Å². The van der Waals surface area contributed by atoms with E-state index in [2.05, 4.69) is 25.0 Å². The molecule has 30 heavy (non-hydrogen) atoms. The highest BCUT2D eigenvalue weighted by atomic mass is 19.4. The van der Waals surface area contributed by atoms with Crippen LogP contribution >= 0.6 is 0 Å². The monoisotopic (exact) mass is 422 g/mol. The fraction of sp³-hybridized carbons (Fsp3) is 0.167. The Morgan fingerprint density at radius 1 is 1.17 bits per heavy atom. The first-order valence-corrected chi connectivity index (χ1v) is 8.34. The highest BCUT2D eigenvalue weighted by molar-refractivity contribution is 5.94. The maximum atomic E-state index is 13.1. The fourth-order valence-electron chi connectivity index (χ4n) is 2.63. The molecule has 12 heteroatoms. The van der Waals surface area contributed by atoms with Crippen LogP contribution in [0.3, 0.4) is 0 Å². The molecule has 0 aliphatic heterocycles. The number of carboxylic acid groups (broad SMARTS) is 1. The summed E-state index contributed by atoms with van der Waals surface area (Å²) in [6.07, 6.45) is -0.187. The number of halogens is 4. The number of nitrogens with one attached hydrogen (secondary N) is 1. The van der Waals surface area contributed by atoms with Crippen molar-refractivity contribution in [2.24, 2.45) is 7.05 Å². The second kappa shape index (κ2) is 7.89. The fourth-order valence-corrected chi connectivity index (χ4v) is 2.63. The summed E-state index contributed by atoms with van der Waals surface area (Å²) in [4.78, 5) is 25.1. The van der Waals surface area contributed by atoms with Gasteiger partial charge in [-0.15, -0.1) is 0 Å². The molecule has 0 radical (unpaired) electrons. The van der Waals surface area contributed by atoms with Crippen LogP contribution in [0.15, 0.2) is 36.8 Å². The average Bonchev–Trinajstić information content (AvgIpc) is 3.27. The zero-order valence-electron chi connectivity index (χ0n) is 15.6. The Morgan fingerprint density at radius 2 is 1.87 bits per heavy atom. The van der Waals surface area contributed by atoms with Crippen LogP contribution in [-0.2, 0) is 11.8 Å². The smallest absolute Gasteiger partial charge is 0.475 e. The summed E-state index contributed by atoms with van der Waals surface area (Å²) in [5.74, 6) is -2.47. The average molecular weight is 422 g/mol. The normalized spacial score (nSPS) is 11.3. The van der Waals surface area contributed by atoms with Crippen molar-refractivity contribution in [1.82, 2.24) is 29.7 Å². The Kier molecular flexibility index (Phi) is 5.49. The van der Waals surface area contributed by atoms with E-state index >= 15 is 0 Å². The minimum Gasteiger partial charge on any atom is -0.475 e. The second-order valence-electron chi connectivity index (χ2n) is 6.09. The quantitative estimate of drug-likeness (QED) is 0.479. The van der Waals surface area contributed by atoms with Crippen LogP contribution < -0.4 is 0 Å². The van der Waals surface area contributed by atoms with Crippen LogP contribution in [0.2, 0.25) is 0 Å². The van der Waals surface area contributed by atoms with Gasteiger partial charge in [-0.3, -0.25) is 9.67 Å². The Hall–Kier alpha value is -3.83. The number of hydrogen-bond donors (Lipinski definition) is 2. The molecule has 0 saturated carbocycles. The maximum Gasteiger partial charge on any atom is 0.490 e. The van der Waals surface area contributed by atoms with Gasteiger partial charge in [-0.2, -0.15) is 18.3 Å². The Morgan fingerprint density at radius 3 is 2.47 bits per heavy atom. The molecular weight excluding hydrogens is 408 g/mol. The van der Waals surface area contributed by atoms with E-state index in [1.807, 2.05) is 32.4 Å². The first-order valence-electron chi connectivity index (χ1n) is 8.34. The van der Waals surface area contributed by atoms with E-state index in [1.54, 1.807) is 10.7 Å². The molecule has 0 aliphatic carbocycles. The molecule has 8 nitrogen and oxygen atoms in total. The predicted molar refractivity (Wildman–Crippen MR) is 97.7 cm³/mol. The molecule has 0 atom stereocenters. The summed E-state index contributed by atoms with van der Waals surface area (Å²) in [5, 5.41) is 12.5. The SMILES string of the molecule is Cc1nc(-c2cn(C)nc2-c2ccc(F)cn2)c2cc[nH]c2n1.O=C(O)C(F)(F)F. The van der Waals surface area contributed by atoms with Gasteiger partial charge >= 0.3 is 12.1 Å². The Balaban J connectivity index is 0.000000318. The molecule has 0 aliphatic rings. The largest absolute Gasteiger partial charge is 0.490 e. The third-order valence-corrected chi connectivity index (χ3v) is 3.82. The third-order valence-electron chi connectivity index (χ3n) is 3.82. The number of alkyl halides is 3. The molecule has 4 aromatic heterocycles. The van der Waals surface area contributed by atoms with Crippen molar-refractivity contribution in [2.75, 3.05) is 0 Å². The summed E-state index contributed by atoms with van der Waals surface area (Å²) in [6, 6.07) is 4.92. The predicted octanol–water partition coefficient (Wildman–Crippen LogP) is 3.50. The van der Waals surface area contributed by atoms with Gasteiger partial charge in [0, 0.05) is 30.4 Å². The standard InChI is InChI=1S/C16H13FN6.C2HF3O2/c1-9-20-14(11-5-6-18-16(11)21-9)12-8-23(2)22-15(12)13-4-3-10(17)7-19-13;3-2(4,5)1(6)7/h3-8H,1-2H3,(H,18,20,21);(H,6,7). The zero-order valence-corrected chi connectivity index (χ0v) is 15.6. The van der Waals surface area contributed by atoms with Gasteiger partial charge in [0.2, 0.25) is 0 Å². The number of aromatic amines is 1. The first kappa shape index (κ1) is 20.9. The third kappa shape index (κ3) is 4.42. The lowest BCUT2D eigenvalue weighted by Gasteiger charge is -2.04. The number of nitrogens with zero attached hydrogens (tertiary/aromatic N) is 5. The first-order chi connectivity index (χ1) is 14.1. The lowest BCUT2D eigenvalue weighted by molar-refractivity contribution is -0.192. The highest BCUT2D eigenvalue weighted by Gasteiger charge is 2.38. The molecule has 0 amide bonds. The number of fused-ring (bicyclic) bond motifs is 1. The van der Waals surface area contributed by atoms with E-state index in [9.17, 15) is 17.6 Å². The summed E-state index contributed by atoms with van der Waals surface area (Å²) in [7, 11) is 1.83. The molecule has 0 spiro atoms. The minimum atomic E-state index is -5.08. The number of carboxylic acids is 1. The van der Waals surface area contributed by atoms with Crippen LogP contribution in [0.4, 0.5) is 17.6 Å². The van der Waals surface area contributed by atoms with Gasteiger partial charge in [0.15, 0.2) is 0 Å². The molecule has 4 aromatic rings. The molecule has 0 saturated heterocycles. The maximum absolute atomic E-state index is 13.1. The summed E-state index contributed by atoms with van der Waals surface area (Å²) < 4.78 is 46.6. The summed E-state index contributed by atoms with van der Waals surface area (Å²) >= 11 is 0. The molecule has 0 fully saturated rings. The zero-order chi connectivity index (χ0) is 22.1. The van der Waals surface area contributed by atoms with Crippen LogP contribution in [-0.4, -0.2) is 47.0 Å². The minimum absolute atomic E-state index is 0.378. The van der Waals surface area contributed by atoms with Crippen molar-refractivity contribution in [2.45, 2.75) is 13.1 Å². The van der Waals surface area contributed by atoms with E-state index in [-0.39, 0.29) is 5.82 Å². The van der Waals surface area contributed by atoms with E-state index < -0.39 is 12.1 Å². The number of rotatable bonds is 2. The molecule has 156 valence electrons. The van der Waals surface area contributed by atoms with Crippen molar-refractivity contribution >= 4 is 17.0 Å².